The van der Waals surface area contributed by atoms with Gasteiger partial charge in [0.2, 0.25) is 0 Å². The Balaban J connectivity index is 2.16. The van der Waals surface area contributed by atoms with Gasteiger partial charge >= 0.3 is 5.97 Å². The summed E-state index contributed by atoms with van der Waals surface area (Å²) in [4.78, 5) is 11.5. The van der Waals surface area contributed by atoms with Crippen LogP contribution in [0.15, 0.2) is 115 Å². The largest absolute Gasteiger partial charge is 0.463 e. The maximum Gasteiger partial charge on any atom is 0.330 e. The monoisotopic (exact) mass is 400 g/mol. The van der Waals surface area contributed by atoms with Crippen molar-refractivity contribution in [2.24, 2.45) is 0 Å². The van der Waals surface area contributed by atoms with Crippen LogP contribution in [-0.4, -0.2) is 18.4 Å². The first-order chi connectivity index (χ1) is 14.3. The second-order valence-corrected chi connectivity index (χ2v) is 9.67. The second kappa shape index (κ2) is 10.5. The quantitative estimate of drug-likeness (QED) is 0.253. The van der Waals surface area contributed by atoms with E-state index in [0.29, 0.717) is 6.61 Å². The van der Waals surface area contributed by atoms with E-state index in [-0.39, 0.29) is 5.97 Å². The van der Waals surface area contributed by atoms with Gasteiger partial charge in [-0.3, -0.25) is 0 Å². The van der Waals surface area contributed by atoms with Crippen molar-refractivity contribution in [1.82, 2.24) is 0 Å². The fourth-order valence-corrected chi connectivity index (χ4v) is 6.96. The standard InChI is InChI=1S/C26H25O2P/c1-2-28-26(27)21-13-6-14-22-29(23-15-7-3-8-16-23,24-17-9-4-10-18-24)25-19-11-5-12-20-25/h3-22H,2H2,1H3. The van der Waals surface area contributed by atoms with E-state index in [1.165, 1.54) is 22.0 Å². The zero-order valence-electron chi connectivity index (χ0n) is 16.5. The van der Waals surface area contributed by atoms with E-state index in [2.05, 4.69) is 78.6 Å². The summed E-state index contributed by atoms with van der Waals surface area (Å²) in [7, 11) is 0. The molecule has 0 N–H and O–H groups in total. The van der Waals surface area contributed by atoms with E-state index < -0.39 is 6.89 Å². The molecule has 0 atom stereocenters. The third-order valence-electron chi connectivity index (χ3n) is 4.54. The first-order valence-corrected chi connectivity index (χ1v) is 11.5. The highest BCUT2D eigenvalue weighted by Crippen LogP contribution is 2.43. The second-order valence-electron chi connectivity index (χ2n) is 6.37. The predicted octanol–water partition coefficient (Wildman–Crippen LogP) is 4.46. The molecule has 0 aliphatic heterocycles. The van der Waals surface area contributed by atoms with Crippen LogP contribution < -0.4 is 15.9 Å². The van der Waals surface area contributed by atoms with Crippen LogP contribution in [0, 0.1) is 0 Å². The molecule has 0 aliphatic carbocycles. The average molecular weight is 400 g/mol. The molecule has 3 rings (SSSR count). The molecule has 0 aromatic heterocycles. The van der Waals surface area contributed by atoms with E-state index >= 15 is 0 Å². The molecule has 3 aromatic carbocycles. The lowest BCUT2D eigenvalue weighted by molar-refractivity contribution is -0.137. The first kappa shape index (κ1) is 20.6. The van der Waals surface area contributed by atoms with Gasteiger partial charge in [-0.25, -0.2) is 4.79 Å². The fourth-order valence-electron chi connectivity index (χ4n) is 3.26. The number of carbonyl (C=O) groups excluding carboxylic acids is 1. The van der Waals surface area contributed by atoms with E-state index in [0.717, 1.165) is 0 Å². The van der Waals surface area contributed by atoms with E-state index in [1.807, 2.05) is 30.4 Å². The van der Waals surface area contributed by atoms with Crippen LogP contribution >= 0.6 is 6.89 Å². The molecule has 0 heterocycles. The number of carbonyl (C=O) groups is 1. The first-order valence-electron chi connectivity index (χ1n) is 9.69. The molecule has 0 spiro atoms. The minimum Gasteiger partial charge on any atom is -0.463 e. The van der Waals surface area contributed by atoms with Gasteiger partial charge in [0.15, 0.2) is 0 Å². The summed E-state index contributed by atoms with van der Waals surface area (Å²) >= 11 is 0. The number of benzene rings is 3. The summed E-state index contributed by atoms with van der Waals surface area (Å²) in [6, 6.07) is 31.9. The Morgan fingerprint density at radius 3 is 1.59 bits per heavy atom. The van der Waals surface area contributed by atoms with Crippen LogP contribution in [0.1, 0.15) is 6.92 Å². The van der Waals surface area contributed by atoms with Gasteiger partial charge in [-0.2, -0.15) is 0 Å². The average Bonchev–Trinajstić information content (AvgIpc) is 2.78. The van der Waals surface area contributed by atoms with Crippen LogP contribution in [0.2, 0.25) is 0 Å². The highest BCUT2D eigenvalue weighted by atomic mass is 31.2. The van der Waals surface area contributed by atoms with Gasteiger partial charge in [0.1, 0.15) is 0 Å². The summed E-state index contributed by atoms with van der Waals surface area (Å²) in [5, 5.41) is 3.87. The number of hydrogen-bond acceptors (Lipinski definition) is 2. The van der Waals surface area contributed by atoms with E-state index in [1.54, 1.807) is 13.0 Å². The van der Waals surface area contributed by atoms with Crippen LogP contribution in [0.25, 0.3) is 0 Å². The summed E-state index contributed by atoms with van der Waals surface area (Å²) in [6.07, 6.45) is 7.10. The van der Waals surface area contributed by atoms with Crippen LogP contribution in [0.5, 0.6) is 0 Å². The Labute approximate surface area is 173 Å². The van der Waals surface area contributed by atoms with Crippen molar-refractivity contribution in [3.63, 3.8) is 0 Å². The van der Waals surface area contributed by atoms with Gasteiger partial charge in [0.05, 0.1) is 6.61 Å². The summed E-state index contributed by atoms with van der Waals surface area (Å²) in [5.41, 5.74) is 0. The highest BCUT2D eigenvalue weighted by Gasteiger charge is 2.23. The molecule has 146 valence electrons. The molecule has 0 saturated heterocycles. The Kier molecular flexibility index (Phi) is 7.44. The summed E-state index contributed by atoms with van der Waals surface area (Å²) in [5.74, 6) is 1.97. The van der Waals surface area contributed by atoms with Gasteiger partial charge in [-0.15, -0.1) is 0 Å². The van der Waals surface area contributed by atoms with Crippen molar-refractivity contribution < 1.29 is 9.53 Å². The van der Waals surface area contributed by atoms with Crippen molar-refractivity contribution in [2.75, 3.05) is 6.61 Å². The minimum absolute atomic E-state index is 0.326. The highest BCUT2D eigenvalue weighted by molar-refractivity contribution is 7.94. The third-order valence-corrected chi connectivity index (χ3v) is 8.50. The minimum atomic E-state index is -1.99. The van der Waals surface area contributed by atoms with Crippen LogP contribution in [0.4, 0.5) is 0 Å². The van der Waals surface area contributed by atoms with Crippen molar-refractivity contribution in [2.45, 2.75) is 6.92 Å². The number of allylic oxidation sites excluding steroid dienone is 3. The molecule has 29 heavy (non-hydrogen) atoms. The van der Waals surface area contributed by atoms with Gasteiger partial charge in [-0.1, -0.05) is 115 Å². The van der Waals surface area contributed by atoms with Gasteiger partial charge in [0.25, 0.3) is 0 Å². The summed E-state index contributed by atoms with van der Waals surface area (Å²) < 4.78 is 4.93. The molecule has 3 aromatic rings. The van der Waals surface area contributed by atoms with Crippen molar-refractivity contribution in [3.05, 3.63) is 115 Å². The molecule has 3 heteroatoms. The molecule has 0 aliphatic rings. The Hall–Kier alpha value is -3.09. The lowest BCUT2D eigenvalue weighted by Crippen LogP contribution is -2.26. The van der Waals surface area contributed by atoms with Gasteiger partial charge < -0.3 is 4.74 Å². The third kappa shape index (κ3) is 5.04. The van der Waals surface area contributed by atoms with E-state index in [9.17, 15) is 4.79 Å². The molecular weight excluding hydrogens is 375 g/mol. The lowest BCUT2D eigenvalue weighted by atomic mass is 10.4. The number of esters is 1. The summed E-state index contributed by atoms with van der Waals surface area (Å²) in [6.45, 7) is 0.186. The molecule has 0 radical (unpaired) electrons. The van der Waals surface area contributed by atoms with Crippen molar-refractivity contribution in [1.29, 1.82) is 0 Å². The van der Waals surface area contributed by atoms with E-state index in [4.69, 9.17) is 4.74 Å². The maximum absolute atomic E-state index is 11.5. The predicted molar refractivity (Wildman–Crippen MR) is 126 cm³/mol. The lowest BCUT2D eigenvalue weighted by Gasteiger charge is -2.28. The zero-order chi connectivity index (χ0) is 20.4. The van der Waals surface area contributed by atoms with Crippen molar-refractivity contribution >= 4 is 34.6 Å². The number of hydrogen-bond donors (Lipinski definition) is 0. The molecule has 0 bridgehead atoms. The smallest absolute Gasteiger partial charge is 0.330 e. The number of ether oxygens (including phenoxy) is 1. The number of rotatable bonds is 7. The molecular formula is C26H25O2P. The maximum atomic E-state index is 11.5. The molecule has 0 fully saturated rings. The molecule has 0 saturated carbocycles. The Bertz CT molecular complexity index is 917. The molecule has 0 amide bonds. The zero-order valence-corrected chi connectivity index (χ0v) is 17.4. The normalized spacial score (nSPS) is 11.6. The topological polar surface area (TPSA) is 26.3 Å². The van der Waals surface area contributed by atoms with Crippen LogP contribution in [0.3, 0.4) is 0 Å². The Morgan fingerprint density at radius 2 is 1.17 bits per heavy atom. The Morgan fingerprint density at radius 1 is 0.724 bits per heavy atom. The van der Waals surface area contributed by atoms with Crippen molar-refractivity contribution in [3.8, 4) is 0 Å². The fraction of sp³-hybridized carbons (Fsp3) is 0.0769. The van der Waals surface area contributed by atoms with Crippen LogP contribution in [-0.2, 0) is 9.53 Å². The van der Waals surface area contributed by atoms with Gasteiger partial charge in [-0.05, 0) is 29.7 Å². The molecule has 0 unspecified atom stereocenters. The SMILES string of the molecule is CCOC(=O)C=CC=CC=P(c1ccccc1)(c1ccccc1)c1ccccc1. The van der Waals surface area contributed by atoms with Gasteiger partial charge in [0, 0.05) is 6.08 Å². The molecule has 2 nitrogen and oxygen atoms in total.